The number of aromatic nitrogens is 2. The molecule has 0 spiro atoms. The second kappa shape index (κ2) is 11.8. The number of anilines is 1. The monoisotopic (exact) mass is 590 g/mol. The first kappa shape index (κ1) is 28.2. The Hall–Kier alpha value is -4.59. The third-order valence-electron chi connectivity index (χ3n) is 8.91. The zero-order valence-corrected chi connectivity index (χ0v) is 25.3. The van der Waals surface area contributed by atoms with Gasteiger partial charge in [0.25, 0.3) is 0 Å². The maximum Gasteiger partial charge on any atom is 0.303 e. The Balaban J connectivity index is 1.42. The molecule has 1 N–H and O–H groups in total. The summed E-state index contributed by atoms with van der Waals surface area (Å²) < 4.78 is 15.7. The molecule has 2 atom stereocenters. The number of carboxylic acid groups (broad SMARTS) is 1. The Morgan fingerprint density at radius 1 is 0.955 bits per heavy atom. The molecule has 2 aromatic carbocycles. The highest BCUT2D eigenvalue weighted by molar-refractivity contribution is 6.09. The van der Waals surface area contributed by atoms with Gasteiger partial charge in [0.2, 0.25) is 5.90 Å². The minimum absolute atomic E-state index is 0.104. The molecule has 226 valence electrons. The molecule has 7 rings (SSSR count). The first-order chi connectivity index (χ1) is 21.6. The molecule has 5 aromatic rings. The molecule has 2 unspecified atom stereocenters. The lowest BCUT2D eigenvalue weighted by molar-refractivity contribution is -0.137. The summed E-state index contributed by atoms with van der Waals surface area (Å²) in [5.74, 6) is 0.570. The molecule has 0 fully saturated rings. The number of benzene rings is 2. The summed E-state index contributed by atoms with van der Waals surface area (Å²) in [6, 6.07) is 18.5. The van der Waals surface area contributed by atoms with Crippen molar-refractivity contribution < 1.29 is 19.1 Å². The van der Waals surface area contributed by atoms with Crippen LogP contribution in [0, 0.1) is 0 Å². The largest absolute Gasteiger partial charge is 0.481 e. The van der Waals surface area contributed by atoms with Crippen LogP contribution in [-0.2, 0) is 16.1 Å². The van der Waals surface area contributed by atoms with E-state index >= 15 is 0 Å². The smallest absolute Gasteiger partial charge is 0.303 e. The molecular weight excluding hydrogens is 552 g/mol. The van der Waals surface area contributed by atoms with Crippen molar-refractivity contribution in [2.45, 2.75) is 71.1 Å². The first-order valence-corrected chi connectivity index (χ1v) is 15.9. The van der Waals surface area contributed by atoms with Crippen LogP contribution >= 0.6 is 0 Å². The molecular formula is C36H38N4O4. The van der Waals surface area contributed by atoms with E-state index in [1.807, 2.05) is 18.2 Å². The third-order valence-corrected chi connectivity index (χ3v) is 8.91. The summed E-state index contributed by atoms with van der Waals surface area (Å²) in [5.41, 5.74) is 7.18. The number of pyridine rings is 1. The number of unbranched alkanes of at least 4 members (excludes halogenated alkanes) is 2. The zero-order valence-electron chi connectivity index (χ0n) is 25.3. The average Bonchev–Trinajstić information content (AvgIpc) is 3.73. The Bertz CT molecular complexity index is 1850. The quantitative estimate of drug-likeness (QED) is 0.157. The van der Waals surface area contributed by atoms with Gasteiger partial charge in [-0.05, 0) is 49.6 Å². The second-order valence-corrected chi connectivity index (χ2v) is 11.8. The average molecular weight is 591 g/mol. The number of ether oxygens (including phenoxy) is 1. The van der Waals surface area contributed by atoms with Gasteiger partial charge in [-0.15, -0.1) is 0 Å². The van der Waals surface area contributed by atoms with Crippen LogP contribution in [-0.4, -0.2) is 39.6 Å². The second-order valence-electron chi connectivity index (χ2n) is 11.8. The van der Waals surface area contributed by atoms with Crippen molar-refractivity contribution in [2.75, 3.05) is 18.0 Å². The molecule has 0 saturated carbocycles. The van der Waals surface area contributed by atoms with Crippen molar-refractivity contribution in [3.63, 3.8) is 0 Å². The van der Waals surface area contributed by atoms with Gasteiger partial charge in [-0.25, -0.2) is 4.99 Å². The number of carboxylic acids is 1. The number of aliphatic imine (C=N–C) groups is 1. The third kappa shape index (κ3) is 4.82. The fourth-order valence-electron chi connectivity index (χ4n) is 6.80. The Labute approximate surface area is 257 Å². The normalized spacial score (nSPS) is 16.8. The maximum atomic E-state index is 11.5. The summed E-state index contributed by atoms with van der Waals surface area (Å²) in [5, 5.41) is 11.6. The van der Waals surface area contributed by atoms with Crippen LogP contribution in [0.4, 0.5) is 5.69 Å². The van der Waals surface area contributed by atoms with E-state index in [1.54, 1.807) is 12.4 Å². The number of carbonyl (C=O) groups is 1. The maximum absolute atomic E-state index is 11.5. The molecule has 2 aliphatic rings. The minimum atomic E-state index is -0.791. The zero-order chi connectivity index (χ0) is 30.2. The SMILES string of the molecule is CCCCN(CCCC)c1ccc2c3c(oc2c1)C1OC(c2ccncc2)=NC1c1c-3c2ccccc2n1CCCC(=O)O. The summed E-state index contributed by atoms with van der Waals surface area (Å²) in [7, 11) is 0. The number of aryl methyl sites for hydroxylation is 1. The molecule has 1 aliphatic heterocycles. The molecule has 0 saturated heterocycles. The van der Waals surface area contributed by atoms with Crippen LogP contribution in [0.1, 0.15) is 81.5 Å². The molecule has 4 heterocycles. The topological polar surface area (TPSA) is 93.1 Å². The summed E-state index contributed by atoms with van der Waals surface area (Å²) in [6.07, 6.45) is 8.28. The molecule has 1 aliphatic carbocycles. The van der Waals surface area contributed by atoms with Crippen molar-refractivity contribution in [1.29, 1.82) is 0 Å². The van der Waals surface area contributed by atoms with Crippen molar-refractivity contribution in [2.24, 2.45) is 4.99 Å². The van der Waals surface area contributed by atoms with Crippen molar-refractivity contribution >= 4 is 39.4 Å². The van der Waals surface area contributed by atoms with E-state index in [4.69, 9.17) is 14.1 Å². The molecule has 3 aromatic heterocycles. The van der Waals surface area contributed by atoms with Crippen LogP contribution in [0.15, 0.2) is 76.4 Å². The van der Waals surface area contributed by atoms with Gasteiger partial charge < -0.3 is 23.7 Å². The van der Waals surface area contributed by atoms with Crippen molar-refractivity contribution in [3.8, 4) is 11.1 Å². The fourth-order valence-corrected chi connectivity index (χ4v) is 6.80. The van der Waals surface area contributed by atoms with Gasteiger partial charge in [0.15, 0.2) is 11.9 Å². The molecule has 0 radical (unpaired) electrons. The van der Waals surface area contributed by atoms with Crippen LogP contribution in [0.3, 0.4) is 0 Å². The number of rotatable bonds is 12. The number of hydrogen-bond donors (Lipinski definition) is 1. The van der Waals surface area contributed by atoms with Gasteiger partial charge in [0, 0.05) is 83.2 Å². The Morgan fingerprint density at radius 2 is 1.73 bits per heavy atom. The van der Waals surface area contributed by atoms with E-state index < -0.39 is 12.1 Å². The standard InChI is InChI=1S/C36H38N4O4/c1-3-5-19-39(20-6-4-2)24-13-14-26-28(22-24)43-34-31(26)30-25-10-7-8-11-27(25)40(21-9-12-29(41)42)33(30)32-35(34)44-36(38-32)23-15-17-37-18-16-23/h7-8,10-11,13-18,22,32,35H,3-6,9,12,19-21H2,1-2H3,(H,41,42). The summed E-state index contributed by atoms with van der Waals surface area (Å²) >= 11 is 0. The van der Waals surface area contributed by atoms with Crippen LogP contribution in [0.2, 0.25) is 0 Å². The van der Waals surface area contributed by atoms with E-state index in [0.29, 0.717) is 18.9 Å². The Kier molecular flexibility index (Phi) is 7.58. The number of nitrogens with zero attached hydrogens (tertiary/aromatic N) is 4. The highest BCUT2D eigenvalue weighted by Gasteiger charge is 2.47. The lowest BCUT2D eigenvalue weighted by atomic mass is 9.87. The van der Waals surface area contributed by atoms with Gasteiger partial charge >= 0.3 is 5.97 Å². The van der Waals surface area contributed by atoms with E-state index in [1.165, 1.54) is 5.69 Å². The lowest BCUT2D eigenvalue weighted by Gasteiger charge is -2.25. The minimum Gasteiger partial charge on any atom is -0.481 e. The van der Waals surface area contributed by atoms with Gasteiger partial charge in [0.05, 0.1) is 5.69 Å². The number of hydrogen-bond acceptors (Lipinski definition) is 6. The van der Waals surface area contributed by atoms with Crippen molar-refractivity contribution in [1.82, 2.24) is 9.55 Å². The van der Waals surface area contributed by atoms with Gasteiger partial charge in [-0.3, -0.25) is 9.78 Å². The highest BCUT2D eigenvalue weighted by atomic mass is 16.5. The van der Waals surface area contributed by atoms with Crippen LogP contribution in [0.25, 0.3) is 33.0 Å². The molecule has 0 amide bonds. The summed E-state index contributed by atoms with van der Waals surface area (Å²) in [4.78, 5) is 23.3. The lowest BCUT2D eigenvalue weighted by Crippen LogP contribution is -2.25. The predicted octanol–water partition coefficient (Wildman–Crippen LogP) is 8.29. The number of furan rings is 1. The molecule has 8 nitrogen and oxygen atoms in total. The Morgan fingerprint density at radius 3 is 2.48 bits per heavy atom. The van der Waals surface area contributed by atoms with Crippen LogP contribution in [0.5, 0.6) is 0 Å². The number of aliphatic carboxylic acids is 1. The van der Waals surface area contributed by atoms with Gasteiger partial charge in [-0.1, -0.05) is 44.9 Å². The van der Waals surface area contributed by atoms with Gasteiger partial charge in [-0.2, -0.15) is 0 Å². The molecule has 44 heavy (non-hydrogen) atoms. The number of para-hydroxylation sites is 1. The molecule has 8 heteroatoms. The van der Waals surface area contributed by atoms with E-state index in [2.05, 4.69) is 64.7 Å². The fraction of sp³-hybridized carbons (Fsp3) is 0.361. The first-order valence-electron chi connectivity index (χ1n) is 15.9. The van der Waals surface area contributed by atoms with Crippen LogP contribution < -0.4 is 4.90 Å². The predicted molar refractivity (Wildman–Crippen MR) is 173 cm³/mol. The van der Waals surface area contributed by atoms with E-state index in [9.17, 15) is 9.90 Å². The number of fused-ring (bicyclic) bond motifs is 10. The van der Waals surface area contributed by atoms with Crippen molar-refractivity contribution in [3.05, 3.63) is 84.0 Å². The summed E-state index contributed by atoms with van der Waals surface area (Å²) in [6.45, 7) is 7.08. The van der Waals surface area contributed by atoms with E-state index in [-0.39, 0.29) is 12.5 Å². The molecule has 0 bridgehead atoms. The highest BCUT2D eigenvalue weighted by Crippen LogP contribution is 2.57. The van der Waals surface area contributed by atoms with E-state index in [0.717, 1.165) is 88.8 Å². The van der Waals surface area contributed by atoms with Gasteiger partial charge in [0.1, 0.15) is 11.6 Å².